The molecule has 33 heavy (non-hydrogen) atoms. The number of nitrogens with one attached hydrogen (secondary N) is 1. The minimum absolute atomic E-state index is 0.0702. The van der Waals surface area contributed by atoms with Crippen molar-refractivity contribution in [3.05, 3.63) is 89.8 Å². The van der Waals surface area contributed by atoms with Crippen molar-refractivity contribution in [2.45, 2.75) is 25.9 Å². The van der Waals surface area contributed by atoms with Crippen LogP contribution in [0.5, 0.6) is 11.6 Å². The van der Waals surface area contributed by atoms with Gasteiger partial charge < -0.3 is 10.1 Å². The van der Waals surface area contributed by atoms with Crippen LogP contribution in [0.1, 0.15) is 22.3 Å². The van der Waals surface area contributed by atoms with Gasteiger partial charge >= 0.3 is 6.18 Å². The molecule has 0 fully saturated rings. The van der Waals surface area contributed by atoms with Gasteiger partial charge in [0.15, 0.2) is 0 Å². The van der Waals surface area contributed by atoms with Crippen molar-refractivity contribution in [1.29, 1.82) is 0 Å². The second kappa shape index (κ2) is 10.1. The average Bonchev–Trinajstić information content (AvgIpc) is 2.76. The standard InChI is InChI=1S/C24H20F3N3O3/c1-3-22(32)30-21-13-23(29-14-28-21)33-19-8-6-16(7-9-19)10-18(31)11-17-5-4-15(2)20(12-17)24(25,26)27/h3-9,12-14H,1,10-11H2,2H3,(H,28,29,30,32). The van der Waals surface area contributed by atoms with E-state index in [1.807, 2.05) is 0 Å². The predicted octanol–water partition coefficient (Wildman–Crippen LogP) is 5.07. The fraction of sp³-hybridized carbons (Fsp3) is 0.167. The van der Waals surface area contributed by atoms with Gasteiger partial charge in [-0.05, 0) is 47.9 Å². The predicted molar refractivity (Wildman–Crippen MR) is 116 cm³/mol. The van der Waals surface area contributed by atoms with E-state index in [1.54, 1.807) is 24.3 Å². The molecule has 0 aliphatic rings. The smallest absolute Gasteiger partial charge is 0.416 e. The molecule has 0 bridgehead atoms. The number of benzene rings is 2. The van der Waals surface area contributed by atoms with Gasteiger partial charge in [0.1, 0.15) is 23.7 Å². The van der Waals surface area contributed by atoms with E-state index in [-0.39, 0.29) is 35.9 Å². The van der Waals surface area contributed by atoms with Gasteiger partial charge in [-0.3, -0.25) is 9.59 Å². The maximum atomic E-state index is 13.1. The number of Topliss-reactive ketones (excluding diaryl/α,β-unsaturated/α-hetero) is 1. The normalized spacial score (nSPS) is 11.0. The Balaban J connectivity index is 1.61. The summed E-state index contributed by atoms with van der Waals surface area (Å²) in [6, 6.07) is 12.0. The molecular formula is C24H20F3N3O3. The van der Waals surface area contributed by atoms with Gasteiger partial charge in [-0.1, -0.05) is 30.8 Å². The molecule has 1 aromatic heterocycles. The van der Waals surface area contributed by atoms with Crippen LogP contribution >= 0.6 is 0 Å². The highest BCUT2D eigenvalue weighted by Crippen LogP contribution is 2.32. The number of rotatable bonds is 8. The van der Waals surface area contributed by atoms with Crippen molar-refractivity contribution in [3.8, 4) is 11.6 Å². The van der Waals surface area contributed by atoms with Crippen LogP contribution in [0, 0.1) is 6.92 Å². The number of ketones is 1. The molecule has 9 heteroatoms. The molecule has 6 nitrogen and oxygen atoms in total. The molecule has 2 aromatic carbocycles. The molecule has 0 aliphatic carbocycles. The Morgan fingerprint density at radius 2 is 1.70 bits per heavy atom. The number of carbonyl (C=O) groups is 2. The Hall–Kier alpha value is -4.01. The number of aromatic nitrogens is 2. The third-order valence-corrected chi connectivity index (χ3v) is 4.63. The minimum atomic E-state index is -4.46. The highest BCUT2D eigenvalue weighted by Gasteiger charge is 2.32. The molecular weight excluding hydrogens is 435 g/mol. The molecule has 0 atom stereocenters. The first-order valence-electron chi connectivity index (χ1n) is 9.84. The summed E-state index contributed by atoms with van der Waals surface area (Å²) in [6.07, 6.45) is -2.14. The Morgan fingerprint density at radius 1 is 1.03 bits per heavy atom. The molecule has 0 radical (unpaired) electrons. The first-order chi connectivity index (χ1) is 15.6. The van der Waals surface area contributed by atoms with E-state index in [0.29, 0.717) is 16.9 Å². The van der Waals surface area contributed by atoms with E-state index in [1.165, 1.54) is 31.5 Å². The quantitative estimate of drug-likeness (QED) is 0.480. The van der Waals surface area contributed by atoms with Crippen LogP contribution in [0.15, 0.2) is 67.5 Å². The number of amides is 1. The fourth-order valence-electron chi connectivity index (χ4n) is 3.04. The van der Waals surface area contributed by atoms with Crippen molar-refractivity contribution in [3.63, 3.8) is 0 Å². The Kier molecular flexibility index (Phi) is 7.22. The molecule has 0 spiro atoms. The summed E-state index contributed by atoms with van der Waals surface area (Å²) in [4.78, 5) is 31.6. The van der Waals surface area contributed by atoms with Gasteiger partial charge in [0.05, 0.1) is 5.56 Å². The fourth-order valence-corrected chi connectivity index (χ4v) is 3.04. The van der Waals surface area contributed by atoms with E-state index in [2.05, 4.69) is 21.9 Å². The first-order valence-corrected chi connectivity index (χ1v) is 9.84. The number of halogens is 3. The summed E-state index contributed by atoms with van der Waals surface area (Å²) < 4.78 is 44.8. The highest BCUT2D eigenvalue weighted by molar-refractivity contribution is 5.98. The number of aryl methyl sites for hydroxylation is 1. The molecule has 3 aromatic rings. The number of hydrogen-bond donors (Lipinski definition) is 1. The zero-order valence-electron chi connectivity index (χ0n) is 17.6. The summed E-state index contributed by atoms with van der Waals surface area (Å²) in [5, 5.41) is 2.50. The largest absolute Gasteiger partial charge is 0.439 e. The lowest BCUT2D eigenvalue weighted by Gasteiger charge is -2.12. The number of ether oxygens (including phenoxy) is 1. The minimum Gasteiger partial charge on any atom is -0.439 e. The Labute approximate surface area is 188 Å². The maximum Gasteiger partial charge on any atom is 0.416 e. The summed E-state index contributed by atoms with van der Waals surface area (Å²) in [5.74, 6) is 0.261. The second-order valence-corrected chi connectivity index (χ2v) is 7.22. The number of hydrogen-bond acceptors (Lipinski definition) is 5. The summed E-state index contributed by atoms with van der Waals surface area (Å²) in [5.41, 5.74) is 0.400. The van der Waals surface area contributed by atoms with Crippen LogP contribution in [0.3, 0.4) is 0 Å². The molecule has 1 N–H and O–H groups in total. The monoisotopic (exact) mass is 455 g/mol. The molecule has 0 saturated carbocycles. The molecule has 170 valence electrons. The van der Waals surface area contributed by atoms with E-state index in [9.17, 15) is 22.8 Å². The zero-order chi connectivity index (χ0) is 24.0. The average molecular weight is 455 g/mol. The molecule has 3 rings (SSSR count). The van der Waals surface area contributed by atoms with Gasteiger partial charge in [-0.2, -0.15) is 13.2 Å². The molecule has 0 unspecified atom stereocenters. The molecule has 0 saturated heterocycles. The SMILES string of the molecule is C=CC(=O)Nc1cc(Oc2ccc(CC(=O)Cc3ccc(C)c(C(F)(F)F)c3)cc2)ncn1. The Bertz CT molecular complexity index is 1180. The van der Waals surface area contributed by atoms with E-state index in [0.717, 1.165) is 12.1 Å². The second-order valence-electron chi connectivity index (χ2n) is 7.22. The topological polar surface area (TPSA) is 81.2 Å². The van der Waals surface area contributed by atoms with Crippen LogP contribution in [-0.4, -0.2) is 21.7 Å². The molecule has 0 aliphatic heterocycles. The summed E-state index contributed by atoms with van der Waals surface area (Å²) in [7, 11) is 0. The van der Waals surface area contributed by atoms with Crippen molar-refractivity contribution in [2.75, 3.05) is 5.32 Å². The zero-order valence-corrected chi connectivity index (χ0v) is 17.6. The van der Waals surface area contributed by atoms with Gasteiger partial charge in [0.2, 0.25) is 11.8 Å². The summed E-state index contributed by atoms with van der Waals surface area (Å²) in [6.45, 7) is 4.75. The Morgan fingerprint density at radius 3 is 2.36 bits per heavy atom. The lowest BCUT2D eigenvalue weighted by Crippen LogP contribution is -2.11. The highest BCUT2D eigenvalue weighted by atomic mass is 19.4. The van der Waals surface area contributed by atoms with E-state index in [4.69, 9.17) is 4.74 Å². The third kappa shape index (κ3) is 6.73. The van der Waals surface area contributed by atoms with Gasteiger partial charge in [0.25, 0.3) is 0 Å². The first kappa shape index (κ1) is 23.6. The van der Waals surface area contributed by atoms with Crippen molar-refractivity contribution in [2.24, 2.45) is 0 Å². The summed E-state index contributed by atoms with van der Waals surface area (Å²) >= 11 is 0. The lowest BCUT2D eigenvalue weighted by molar-refractivity contribution is -0.138. The van der Waals surface area contributed by atoms with Crippen LogP contribution < -0.4 is 10.1 Å². The number of anilines is 1. The van der Waals surface area contributed by atoms with Crippen LogP contribution in [-0.2, 0) is 28.6 Å². The van der Waals surface area contributed by atoms with E-state index < -0.39 is 17.6 Å². The maximum absolute atomic E-state index is 13.1. The van der Waals surface area contributed by atoms with E-state index >= 15 is 0 Å². The van der Waals surface area contributed by atoms with Gasteiger partial charge in [0, 0.05) is 18.9 Å². The lowest BCUT2D eigenvalue weighted by atomic mass is 9.99. The van der Waals surface area contributed by atoms with Crippen LogP contribution in [0.4, 0.5) is 19.0 Å². The number of carbonyl (C=O) groups excluding carboxylic acids is 2. The van der Waals surface area contributed by atoms with Crippen LogP contribution in [0.2, 0.25) is 0 Å². The van der Waals surface area contributed by atoms with Crippen molar-refractivity contribution >= 4 is 17.5 Å². The van der Waals surface area contributed by atoms with Crippen molar-refractivity contribution < 1.29 is 27.5 Å². The van der Waals surface area contributed by atoms with Gasteiger partial charge in [-0.15, -0.1) is 0 Å². The molecule has 1 heterocycles. The number of alkyl halides is 3. The van der Waals surface area contributed by atoms with Crippen LogP contribution in [0.25, 0.3) is 0 Å². The third-order valence-electron chi connectivity index (χ3n) is 4.63. The van der Waals surface area contributed by atoms with Gasteiger partial charge in [-0.25, -0.2) is 9.97 Å². The molecule has 1 amide bonds. The van der Waals surface area contributed by atoms with Crippen molar-refractivity contribution in [1.82, 2.24) is 9.97 Å². The number of nitrogens with zero attached hydrogens (tertiary/aromatic N) is 2.